The van der Waals surface area contributed by atoms with Gasteiger partial charge in [0.1, 0.15) is 5.82 Å². The highest BCUT2D eigenvalue weighted by molar-refractivity contribution is 6.31. The Balaban J connectivity index is 1.20. The van der Waals surface area contributed by atoms with Crippen LogP contribution in [-0.4, -0.2) is 82.4 Å². The van der Waals surface area contributed by atoms with Gasteiger partial charge < -0.3 is 4.90 Å². The van der Waals surface area contributed by atoms with E-state index in [9.17, 15) is 18.8 Å². The van der Waals surface area contributed by atoms with Gasteiger partial charge in [-0.05, 0) is 48.1 Å². The zero-order valence-corrected chi connectivity index (χ0v) is 25.1. The topological polar surface area (TPSA) is 97.5 Å². The quantitative estimate of drug-likeness (QED) is 0.374. The molecule has 4 amide bonds. The van der Waals surface area contributed by atoms with Gasteiger partial charge in [-0.3, -0.25) is 29.2 Å². The highest BCUT2D eigenvalue weighted by atomic mass is 35.5. The first-order chi connectivity index (χ1) is 20.8. The maximum Gasteiger partial charge on any atom is 0.345 e. The van der Waals surface area contributed by atoms with Crippen LogP contribution in [0.1, 0.15) is 49.3 Å². The zero-order valence-electron chi connectivity index (χ0n) is 24.3. The van der Waals surface area contributed by atoms with Crippen LogP contribution in [0.4, 0.5) is 9.18 Å². The number of nitrogens with one attached hydrogen (secondary N) is 2. The van der Waals surface area contributed by atoms with E-state index in [0.29, 0.717) is 31.2 Å². The molecule has 2 aromatic carbocycles. The minimum atomic E-state index is -0.612. The van der Waals surface area contributed by atoms with Gasteiger partial charge in [-0.25, -0.2) is 20.1 Å². The zero-order chi connectivity index (χ0) is 30.3. The molecule has 1 saturated carbocycles. The van der Waals surface area contributed by atoms with Gasteiger partial charge in [-0.2, -0.15) is 0 Å². The number of carbonyl (C=O) groups is 3. The number of rotatable bonds is 11. The van der Waals surface area contributed by atoms with Crippen LogP contribution in [0.3, 0.4) is 0 Å². The average Bonchev–Trinajstić information content (AvgIpc) is 3.87. The summed E-state index contributed by atoms with van der Waals surface area (Å²) in [6.45, 7) is 4.90. The number of piperazine rings is 1. The Kier molecular flexibility index (Phi) is 10.3. The number of carbonyl (C=O) groups excluding carboxylic acids is 3. The summed E-state index contributed by atoms with van der Waals surface area (Å²) in [6.07, 6.45) is 6.51. The molecule has 1 atom stereocenters. The summed E-state index contributed by atoms with van der Waals surface area (Å²) in [7, 11) is 0. The molecular weight excluding hydrogens is 575 g/mol. The number of benzene rings is 2. The van der Waals surface area contributed by atoms with Crippen molar-refractivity contribution in [2.45, 2.75) is 57.8 Å². The van der Waals surface area contributed by atoms with E-state index in [1.807, 2.05) is 35.2 Å². The molecule has 1 aliphatic carbocycles. The van der Waals surface area contributed by atoms with Crippen molar-refractivity contribution < 1.29 is 23.6 Å². The van der Waals surface area contributed by atoms with Crippen molar-refractivity contribution in [1.29, 1.82) is 0 Å². The van der Waals surface area contributed by atoms with Gasteiger partial charge in [-0.15, -0.1) is 0 Å². The predicted molar refractivity (Wildman–Crippen MR) is 160 cm³/mol. The Morgan fingerprint density at radius 1 is 1.09 bits per heavy atom. The van der Waals surface area contributed by atoms with E-state index in [1.165, 1.54) is 35.7 Å². The lowest BCUT2D eigenvalue weighted by Crippen LogP contribution is -2.52. The van der Waals surface area contributed by atoms with Gasteiger partial charge in [0.25, 0.3) is 0 Å². The largest absolute Gasteiger partial charge is 0.345 e. The third-order valence-electron chi connectivity index (χ3n) is 8.12. The van der Waals surface area contributed by atoms with Crippen LogP contribution < -0.4 is 10.9 Å². The molecule has 0 spiro atoms. The molecule has 10 nitrogen and oxygen atoms in total. The third-order valence-corrected chi connectivity index (χ3v) is 8.55. The Morgan fingerprint density at radius 3 is 2.60 bits per heavy atom. The second kappa shape index (κ2) is 14.3. The molecule has 0 aromatic heterocycles. The Bertz CT molecular complexity index is 1350. The molecule has 12 heteroatoms. The van der Waals surface area contributed by atoms with Crippen LogP contribution in [0, 0.1) is 5.82 Å². The van der Waals surface area contributed by atoms with Crippen LogP contribution >= 0.6 is 11.6 Å². The van der Waals surface area contributed by atoms with Crippen molar-refractivity contribution in [1.82, 2.24) is 30.6 Å². The molecule has 43 heavy (non-hydrogen) atoms. The molecule has 2 fully saturated rings. The van der Waals surface area contributed by atoms with E-state index < -0.39 is 17.9 Å². The molecule has 2 aliphatic heterocycles. The van der Waals surface area contributed by atoms with Crippen LogP contribution in [0.2, 0.25) is 5.02 Å². The van der Waals surface area contributed by atoms with E-state index in [2.05, 4.69) is 15.8 Å². The summed E-state index contributed by atoms with van der Waals surface area (Å²) in [5.41, 5.74) is 8.04. The van der Waals surface area contributed by atoms with Gasteiger partial charge in [0.05, 0.1) is 24.2 Å². The molecule has 5 rings (SSSR count). The molecule has 0 unspecified atom stereocenters. The number of fused-ring (bicyclic) bond motifs is 1. The van der Waals surface area contributed by atoms with Gasteiger partial charge >= 0.3 is 6.03 Å². The molecule has 2 heterocycles. The van der Waals surface area contributed by atoms with E-state index in [0.717, 1.165) is 24.2 Å². The smallest absolute Gasteiger partial charge is 0.340 e. The summed E-state index contributed by atoms with van der Waals surface area (Å²) in [5.74, 6) is -0.869. The highest BCUT2D eigenvalue weighted by Gasteiger charge is 2.32. The van der Waals surface area contributed by atoms with E-state index >= 15 is 0 Å². The minimum absolute atomic E-state index is 0.0123. The SMILES string of the molecule is CC(=O)N(NCc1cccc(F)c1Cl)[C@@H](CCC(=O)N1CCN(C2CC2)CC1)CONC(=O)N1C=Cc2ccccc2C1. The van der Waals surface area contributed by atoms with Crippen molar-refractivity contribution >= 4 is 35.5 Å². The Hall–Kier alpha value is -3.51. The van der Waals surface area contributed by atoms with Crippen molar-refractivity contribution in [3.8, 4) is 0 Å². The highest BCUT2D eigenvalue weighted by Crippen LogP contribution is 2.27. The molecule has 2 N–H and O–H groups in total. The van der Waals surface area contributed by atoms with Crippen LogP contribution in [0.25, 0.3) is 6.08 Å². The van der Waals surface area contributed by atoms with Crippen molar-refractivity contribution in [2.75, 3.05) is 32.8 Å². The fourth-order valence-electron chi connectivity index (χ4n) is 5.51. The number of hydrogen-bond acceptors (Lipinski definition) is 6. The van der Waals surface area contributed by atoms with Crippen LogP contribution in [0.5, 0.6) is 0 Å². The number of hydrogen-bond donors (Lipinski definition) is 2. The normalized spacial score (nSPS) is 17.4. The summed E-state index contributed by atoms with van der Waals surface area (Å²) >= 11 is 6.13. The van der Waals surface area contributed by atoms with Crippen LogP contribution in [-0.2, 0) is 27.5 Å². The molecule has 3 aliphatic rings. The van der Waals surface area contributed by atoms with Crippen molar-refractivity contribution in [2.24, 2.45) is 0 Å². The summed E-state index contributed by atoms with van der Waals surface area (Å²) in [6, 6.07) is 11.9. The molecule has 1 saturated heterocycles. The number of halogens is 2. The van der Waals surface area contributed by atoms with Gasteiger partial charge in [-0.1, -0.05) is 48.0 Å². The first kappa shape index (κ1) is 30.9. The number of amides is 4. The van der Waals surface area contributed by atoms with Gasteiger partial charge in [0.15, 0.2) is 0 Å². The molecule has 0 bridgehead atoms. The fraction of sp³-hybridized carbons (Fsp3) is 0.452. The lowest BCUT2D eigenvalue weighted by Gasteiger charge is -2.36. The molecular formula is C31H38ClFN6O4. The first-order valence-corrected chi connectivity index (χ1v) is 15.1. The average molecular weight is 613 g/mol. The van der Waals surface area contributed by atoms with Gasteiger partial charge in [0.2, 0.25) is 11.8 Å². The van der Waals surface area contributed by atoms with Crippen molar-refractivity contribution in [3.63, 3.8) is 0 Å². The molecule has 2 aromatic rings. The summed E-state index contributed by atoms with van der Waals surface area (Å²) in [4.78, 5) is 50.2. The Labute approximate surface area is 256 Å². The van der Waals surface area contributed by atoms with Crippen molar-refractivity contribution in [3.05, 3.63) is 76.2 Å². The molecule has 0 radical (unpaired) electrons. The summed E-state index contributed by atoms with van der Waals surface area (Å²) in [5, 5.41) is 1.33. The second-order valence-electron chi connectivity index (χ2n) is 11.1. The monoisotopic (exact) mass is 612 g/mol. The second-order valence-corrected chi connectivity index (χ2v) is 11.5. The lowest BCUT2D eigenvalue weighted by molar-refractivity contribution is -0.140. The van der Waals surface area contributed by atoms with E-state index in [-0.39, 0.29) is 42.8 Å². The molecule has 230 valence electrons. The van der Waals surface area contributed by atoms with E-state index in [4.69, 9.17) is 16.4 Å². The number of hydroxylamine groups is 1. The minimum Gasteiger partial charge on any atom is -0.340 e. The number of hydrazine groups is 1. The number of urea groups is 1. The maximum absolute atomic E-state index is 14.0. The first-order valence-electron chi connectivity index (χ1n) is 14.7. The fourth-order valence-corrected chi connectivity index (χ4v) is 5.70. The summed E-state index contributed by atoms with van der Waals surface area (Å²) < 4.78 is 14.0. The number of nitrogens with zero attached hydrogens (tertiary/aromatic N) is 4. The maximum atomic E-state index is 14.0. The van der Waals surface area contributed by atoms with Gasteiger partial charge in [0, 0.05) is 58.3 Å². The Morgan fingerprint density at radius 2 is 1.86 bits per heavy atom. The van der Waals surface area contributed by atoms with E-state index in [1.54, 1.807) is 18.3 Å². The predicted octanol–water partition coefficient (Wildman–Crippen LogP) is 3.92. The van der Waals surface area contributed by atoms with Crippen LogP contribution in [0.15, 0.2) is 48.7 Å². The standard InChI is InChI=1S/C31H38ClFN6O4/c1-22(40)39(34-19-24-7-4-8-28(33)30(24)32)27(11-12-29(41)37-17-15-36(16-18-37)26-9-10-26)21-43-35-31(42)38-14-13-23-5-2-3-6-25(23)20-38/h2-8,13-14,26-27,34H,9-12,15-21H2,1H3,(H,35,42)/t27-/m0/s1. The lowest BCUT2D eigenvalue weighted by atomic mass is 10.0. The third kappa shape index (κ3) is 8.11.